The zero-order valence-electron chi connectivity index (χ0n) is 19.1. The molecule has 2 heterocycles. The van der Waals surface area contributed by atoms with Gasteiger partial charge in [0.25, 0.3) is 5.91 Å². The minimum Gasteiger partial charge on any atom is -0.456 e. The van der Waals surface area contributed by atoms with Crippen LogP contribution in [0.2, 0.25) is 0 Å². The van der Waals surface area contributed by atoms with E-state index in [-0.39, 0.29) is 5.56 Å². The van der Waals surface area contributed by atoms with E-state index < -0.39 is 17.5 Å². The predicted octanol–water partition coefficient (Wildman–Crippen LogP) is 5.41. The smallest absolute Gasteiger partial charge is 0.340 e. The second-order valence-corrected chi connectivity index (χ2v) is 8.62. The van der Waals surface area contributed by atoms with Crippen molar-refractivity contribution in [2.75, 3.05) is 5.32 Å². The van der Waals surface area contributed by atoms with Gasteiger partial charge >= 0.3 is 5.97 Å². The first-order chi connectivity index (χ1) is 16.3. The number of aromatic nitrogens is 3. The molecule has 0 spiro atoms. The van der Waals surface area contributed by atoms with Crippen molar-refractivity contribution in [1.82, 2.24) is 15.0 Å². The Balaban J connectivity index is 1.69. The molecule has 0 unspecified atom stereocenters. The molecule has 0 atom stereocenters. The van der Waals surface area contributed by atoms with Crippen LogP contribution in [0.4, 0.5) is 5.69 Å². The molecule has 0 fully saturated rings. The van der Waals surface area contributed by atoms with E-state index in [0.717, 1.165) is 11.1 Å². The van der Waals surface area contributed by atoms with E-state index >= 15 is 0 Å². The van der Waals surface area contributed by atoms with Crippen molar-refractivity contribution in [2.45, 2.75) is 26.4 Å². The Bertz CT molecular complexity index is 1320. The minimum atomic E-state index is -0.676. The lowest BCUT2D eigenvalue weighted by atomic mass is 10.0. The minimum absolute atomic E-state index is 0.262. The van der Waals surface area contributed by atoms with Gasteiger partial charge in [-0.15, -0.1) is 0 Å². The molecular formula is C27H24N4O3. The molecule has 0 aliphatic carbocycles. The number of carbonyl (C=O) groups is 2. The highest BCUT2D eigenvalue weighted by Gasteiger charge is 2.22. The van der Waals surface area contributed by atoms with Crippen LogP contribution in [0.15, 0.2) is 85.5 Å². The van der Waals surface area contributed by atoms with Crippen molar-refractivity contribution in [3.8, 4) is 22.5 Å². The molecule has 1 amide bonds. The fraction of sp³-hybridized carbons (Fsp3) is 0.148. The third-order valence-corrected chi connectivity index (χ3v) is 4.82. The number of nitrogens with zero attached hydrogens (tertiary/aromatic N) is 3. The summed E-state index contributed by atoms with van der Waals surface area (Å²) in [5.74, 6) is -0.475. The fourth-order valence-corrected chi connectivity index (χ4v) is 3.30. The van der Waals surface area contributed by atoms with Crippen molar-refractivity contribution < 1.29 is 14.3 Å². The number of benzene rings is 2. The van der Waals surface area contributed by atoms with Gasteiger partial charge in [-0.25, -0.2) is 14.8 Å². The van der Waals surface area contributed by atoms with Gasteiger partial charge in [0.1, 0.15) is 5.60 Å². The summed E-state index contributed by atoms with van der Waals surface area (Å²) in [4.78, 5) is 38.6. The molecule has 0 saturated heterocycles. The summed E-state index contributed by atoms with van der Waals surface area (Å²) in [7, 11) is 0. The van der Waals surface area contributed by atoms with Crippen LogP contribution in [0.1, 0.15) is 41.5 Å². The zero-order valence-corrected chi connectivity index (χ0v) is 19.1. The van der Waals surface area contributed by atoms with Crippen LogP contribution in [0, 0.1) is 0 Å². The number of rotatable bonds is 5. The highest BCUT2D eigenvalue weighted by Crippen LogP contribution is 2.28. The lowest BCUT2D eigenvalue weighted by Crippen LogP contribution is -2.25. The summed E-state index contributed by atoms with van der Waals surface area (Å²) < 4.78 is 5.56. The number of carbonyl (C=O) groups excluding carboxylic acids is 2. The van der Waals surface area contributed by atoms with Crippen molar-refractivity contribution in [3.05, 3.63) is 96.6 Å². The largest absolute Gasteiger partial charge is 0.456 e. The van der Waals surface area contributed by atoms with Gasteiger partial charge in [0.05, 0.1) is 16.8 Å². The highest BCUT2D eigenvalue weighted by molar-refractivity contribution is 6.08. The van der Waals surface area contributed by atoms with Crippen LogP contribution < -0.4 is 5.32 Å². The van der Waals surface area contributed by atoms with Gasteiger partial charge in [0, 0.05) is 30.4 Å². The third-order valence-electron chi connectivity index (χ3n) is 4.82. The van der Waals surface area contributed by atoms with E-state index in [2.05, 4.69) is 20.3 Å². The molecule has 1 N–H and O–H groups in total. The standard InChI is InChI=1S/C27H24N4O3/c1-27(2,3)34-26(33)22-11-10-19(18-8-5-4-6-9-18)15-23(22)31-25(32)21-14-20(16-28-17-21)24-29-12-7-13-30-24/h4-17H,1-3H3,(H,31,32). The summed E-state index contributed by atoms with van der Waals surface area (Å²) in [6, 6.07) is 18.3. The fourth-order valence-electron chi connectivity index (χ4n) is 3.30. The number of nitrogens with one attached hydrogen (secondary N) is 1. The molecule has 0 radical (unpaired) electrons. The molecule has 4 rings (SSSR count). The SMILES string of the molecule is CC(C)(C)OC(=O)c1ccc(-c2ccccc2)cc1NC(=O)c1cncc(-c2ncccn2)c1. The van der Waals surface area contributed by atoms with Crippen LogP contribution in [0.3, 0.4) is 0 Å². The van der Waals surface area contributed by atoms with Gasteiger partial charge in [0.2, 0.25) is 0 Å². The lowest BCUT2D eigenvalue weighted by Gasteiger charge is -2.21. The Morgan fingerprint density at radius 3 is 2.26 bits per heavy atom. The first-order valence-corrected chi connectivity index (χ1v) is 10.8. The maximum Gasteiger partial charge on any atom is 0.340 e. The normalized spacial score (nSPS) is 11.0. The Hall–Kier alpha value is -4.39. The number of esters is 1. The Morgan fingerprint density at radius 1 is 0.824 bits per heavy atom. The van der Waals surface area contributed by atoms with Gasteiger partial charge in [-0.2, -0.15) is 0 Å². The van der Waals surface area contributed by atoms with Crippen LogP contribution in [-0.4, -0.2) is 32.4 Å². The second-order valence-electron chi connectivity index (χ2n) is 8.62. The third kappa shape index (κ3) is 5.50. The van der Waals surface area contributed by atoms with E-state index in [1.807, 2.05) is 36.4 Å². The van der Waals surface area contributed by atoms with E-state index in [1.54, 1.807) is 63.6 Å². The van der Waals surface area contributed by atoms with E-state index in [1.165, 1.54) is 6.20 Å². The van der Waals surface area contributed by atoms with Crippen LogP contribution in [0.25, 0.3) is 22.5 Å². The quantitative estimate of drug-likeness (QED) is 0.407. The summed E-state index contributed by atoms with van der Waals surface area (Å²) in [6.45, 7) is 5.39. The Kier molecular flexibility index (Phi) is 6.45. The van der Waals surface area contributed by atoms with E-state index in [4.69, 9.17) is 4.74 Å². The Morgan fingerprint density at radius 2 is 1.56 bits per heavy atom. The number of pyridine rings is 1. The highest BCUT2D eigenvalue weighted by atomic mass is 16.6. The topological polar surface area (TPSA) is 94.1 Å². The maximum atomic E-state index is 13.2. The van der Waals surface area contributed by atoms with E-state index in [9.17, 15) is 9.59 Å². The summed E-state index contributed by atoms with van der Waals surface area (Å²) in [5.41, 5.74) is 2.67. The molecule has 0 saturated carbocycles. The van der Waals surface area contributed by atoms with Crippen molar-refractivity contribution in [2.24, 2.45) is 0 Å². The maximum absolute atomic E-state index is 13.2. The first-order valence-electron chi connectivity index (χ1n) is 10.8. The molecule has 7 heteroatoms. The number of ether oxygens (including phenoxy) is 1. The molecule has 0 aliphatic heterocycles. The molecular weight excluding hydrogens is 428 g/mol. The predicted molar refractivity (Wildman–Crippen MR) is 130 cm³/mol. The average molecular weight is 453 g/mol. The molecule has 7 nitrogen and oxygen atoms in total. The van der Waals surface area contributed by atoms with Crippen LogP contribution in [-0.2, 0) is 4.74 Å². The molecule has 0 bridgehead atoms. The molecule has 170 valence electrons. The van der Waals surface area contributed by atoms with Gasteiger partial charge in [-0.05, 0) is 56.2 Å². The van der Waals surface area contributed by atoms with E-state index in [0.29, 0.717) is 22.6 Å². The monoisotopic (exact) mass is 452 g/mol. The molecule has 34 heavy (non-hydrogen) atoms. The summed E-state index contributed by atoms with van der Waals surface area (Å²) in [5, 5.41) is 2.86. The van der Waals surface area contributed by atoms with Gasteiger partial charge in [-0.1, -0.05) is 36.4 Å². The molecule has 4 aromatic rings. The number of hydrogen-bond acceptors (Lipinski definition) is 6. The zero-order chi connectivity index (χ0) is 24.1. The molecule has 2 aromatic heterocycles. The number of hydrogen-bond donors (Lipinski definition) is 1. The van der Waals surface area contributed by atoms with Crippen LogP contribution in [0.5, 0.6) is 0 Å². The first kappa shape index (κ1) is 22.8. The summed E-state index contributed by atoms with van der Waals surface area (Å²) in [6.07, 6.45) is 6.29. The lowest BCUT2D eigenvalue weighted by molar-refractivity contribution is 0.00708. The average Bonchev–Trinajstić information content (AvgIpc) is 2.84. The number of amides is 1. The second kappa shape index (κ2) is 9.62. The van der Waals surface area contributed by atoms with Crippen molar-refractivity contribution in [1.29, 1.82) is 0 Å². The Labute approximate surface area is 197 Å². The van der Waals surface area contributed by atoms with Gasteiger partial charge < -0.3 is 10.1 Å². The van der Waals surface area contributed by atoms with Crippen molar-refractivity contribution in [3.63, 3.8) is 0 Å². The van der Waals surface area contributed by atoms with Gasteiger partial charge in [0.15, 0.2) is 5.82 Å². The van der Waals surface area contributed by atoms with Gasteiger partial charge in [-0.3, -0.25) is 9.78 Å². The molecule has 0 aliphatic rings. The number of anilines is 1. The van der Waals surface area contributed by atoms with Crippen molar-refractivity contribution >= 4 is 17.6 Å². The summed E-state index contributed by atoms with van der Waals surface area (Å²) >= 11 is 0. The molecule has 2 aromatic carbocycles. The van der Waals surface area contributed by atoms with Crippen LogP contribution >= 0.6 is 0 Å².